The van der Waals surface area contributed by atoms with E-state index < -0.39 is 5.97 Å². The molecule has 0 radical (unpaired) electrons. The maximum atomic E-state index is 12.4. The number of hydrogen-bond donors (Lipinski definition) is 2. The van der Waals surface area contributed by atoms with Crippen LogP contribution in [0.15, 0.2) is 50.2 Å². The Labute approximate surface area is 202 Å². The molecule has 6 nitrogen and oxygen atoms in total. The van der Waals surface area contributed by atoms with Crippen molar-refractivity contribution in [1.29, 1.82) is 0 Å². The topological polar surface area (TPSA) is 76.7 Å². The molecule has 1 atom stereocenters. The Kier molecular flexibility index (Phi) is 8.45. The quantitative estimate of drug-likeness (QED) is 0.331. The second-order valence-electron chi connectivity index (χ2n) is 6.58. The summed E-state index contributed by atoms with van der Waals surface area (Å²) in [6, 6.07) is 11.8. The van der Waals surface area contributed by atoms with E-state index in [-0.39, 0.29) is 18.0 Å². The molecule has 31 heavy (non-hydrogen) atoms. The van der Waals surface area contributed by atoms with Crippen molar-refractivity contribution >= 4 is 67.3 Å². The molecule has 2 aromatic carbocycles. The van der Waals surface area contributed by atoms with Crippen LogP contribution >= 0.6 is 43.6 Å². The first-order valence-corrected chi connectivity index (χ1v) is 12.2. The second-order valence-corrected chi connectivity index (χ2v) is 9.44. The number of carbonyl (C=O) groups excluding carboxylic acids is 2. The van der Waals surface area contributed by atoms with Crippen LogP contribution in [-0.2, 0) is 20.7 Å². The number of esters is 1. The lowest BCUT2D eigenvalue weighted by atomic mass is 10.1. The molecule has 1 heterocycles. The number of halogens is 2. The summed E-state index contributed by atoms with van der Waals surface area (Å²) >= 11 is 8.35. The number of rotatable bonds is 8. The molecule has 9 heteroatoms. The maximum absolute atomic E-state index is 12.4. The Morgan fingerprint density at radius 2 is 1.87 bits per heavy atom. The van der Waals surface area contributed by atoms with Crippen molar-refractivity contribution in [2.24, 2.45) is 0 Å². The van der Waals surface area contributed by atoms with Gasteiger partial charge in [-0.25, -0.2) is 4.79 Å². The molecular formula is C22H22Br2N2O4S. The highest BCUT2D eigenvalue weighted by molar-refractivity contribution is 9.11. The molecule has 0 aliphatic carbocycles. The highest BCUT2D eigenvalue weighted by Crippen LogP contribution is 2.37. The van der Waals surface area contributed by atoms with Crippen LogP contribution < -0.4 is 15.4 Å². The van der Waals surface area contributed by atoms with E-state index in [0.29, 0.717) is 26.2 Å². The van der Waals surface area contributed by atoms with Gasteiger partial charge in [-0.2, -0.15) is 0 Å². The van der Waals surface area contributed by atoms with E-state index in [2.05, 4.69) is 61.5 Å². The Morgan fingerprint density at radius 3 is 2.48 bits per heavy atom. The Morgan fingerprint density at radius 1 is 1.19 bits per heavy atom. The van der Waals surface area contributed by atoms with Crippen LogP contribution in [0.5, 0.6) is 5.75 Å². The molecule has 0 aromatic heterocycles. The smallest absolute Gasteiger partial charge is 0.344 e. The minimum atomic E-state index is -0.436. The van der Waals surface area contributed by atoms with Crippen molar-refractivity contribution in [2.75, 3.05) is 18.5 Å². The summed E-state index contributed by atoms with van der Waals surface area (Å²) in [5, 5.41) is 6.25. The largest absolute Gasteiger partial charge is 0.480 e. The first kappa shape index (κ1) is 23.7. The first-order valence-electron chi connectivity index (χ1n) is 9.71. The Hall–Kier alpha value is -1.97. The average Bonchev–Trinajstić information content (AvgIpc) is 3.06. The fourth-order valence-electron chi connectivity index (χ4n) is 2.84. The van der Waals surface area contributed by atoms with Gasteiger partial charge in [0.2, 0.25) is 0 Å². The summed E-state index contributed by atoms with van der Waals surface area (Å²) in [5.74, 6) is -0.0780. The lowest BCUT2D eigenvalue weighted by Gasteiger charge is -2.13. The van der Waals surface area contributed by atoms with Gasteiger partial charge in [0.15, 0.2) is 12.1 Å². The van der Waals surface area contributed by atoms with Crippen LogP contribution in [-0.4, -0.2) is 30.6 Å². The average molecular weight is 570 g/mol. The van der Waals surface area contributed by atoms with Crippen LogP contribution in [0.1, 0.15) is 25.0 Å². The molecule has 1 saturated heterocycles. The minimum absolute atomic E-state index is 0.137. The van der Waals surface area contributed by atoms with E-state index in [0.717, 1.165) is 17.7 Å². The van der Waals surface area contributed by atoms with Gasteiger partial charge in [-0.05, 0) is 86.7 Å². The third-order valence-corrected chi connectivity index (χ3v) is 6.56. The van der Waals surface area contributed by atoms with Gasteiger partial charge >= 0.3 is 5.97 Å². The van der Waals surface area contributed by atoms with Gasteiger partial charge in [-0.1, -0.05) is 30.8 Å². The van der Waals surface area contributed by atoms with Crippen LogP contribution in [0.2, 0.25) is 0 Å². The van der Waals surface area contributed by atoms with Gasteiger partial charge in [0.25, 0.3) is 5.91 Å². The van der Waals surface area contributed by atoms with Crippen molar-refractivity contribution in [2.45, 2.75) is 25.8 Å². The lowest BCUT2D eigenvalue weighted by molar-refractivity contribution is -0.145. The molecule has 0 saturated carbocycles. The number of benzene rings is 2. The van der Waals surface area contributed by atoms with Gasteiger partial charge < -0.3 is 20.1 Å². The summed E-state index contributed by atoms with van der Waals surface area (Å²) in [4.78, 5) is 24.5. The van der Waals surface area contributed by atoms with Crippen LogP contribution in [0.3, 0.4) is 0 Å². The molecule has 0 unspecified atom stereocenters. The monoisotopic (exact) mass is 568 g/mol. The third-order valence-electron chi connectivity index (χ3n) is 4.35. The van der Waals surface area contributed by atoms with E-state index in [4.69, 9.17) is 9.47 Å². The highest BCUT2D eigenvalue weighted by atomic mass is 79.9. The zero-order valence-corrected chi connectivity index (χ0v) is 21.0. The summed E-state index contributed by atoms with van der Waals surface area (Å²) in [7, 11) is 0. The van der Waals surface area contributed by atoms with E-state index in [9.17, 15) is 9.59 Å². The van der Waals surface area contributed by atoms with Gasteiger partial charge in [-0.15, -0.1) is 0 Å². The van der Waals surface area contributed by atoms with Crippen LogP contribution in [0, 0.1) is 0 Å². The second kappa shape index (κ2) is 11.1. The number of ether oxygens (including phenoxy) is 2. The number of aryl methyl sites for hydroxylation is 1. The molecular weight excluding hydrogens is 548 g/mol. The first-order chi connectivity index (χ1) is 14.9. The number of anilines is 1. The molecule has 1 aliphatic rings. The molecule has 164 valence electrons. The zero-order valence-electron chi connectivity index (χ0n) is 17.0. The minimum Gasteiger partial charge on any atom is -0.480 e. The van der Waals surface area contributed by atoms with Gasteiger partial charge in [0.05, 0.1) is 20.5 Å². The molecule has 2 N–H and O–H groups in total. The number of thioether (sulfide) groups is 1. The Bertz CT molecular complexity index is 973. The highest BCUT2D eigenvalue weighted by Gasteiger charge is 2.27. The SMILES string of the molecule is CCOC(=O)COc1c(Br)cc(/C=C2\S[C@H](Nc3ccc(CC)cc3)NC2=O)cc1Br. The van der Waals surface area contributed by atoms with Gasteiger partial charge in [0, 0.05) is 5.69 Å². The van der Waals surface area contributed by atoms with Crippen LogP contribution in [0.4, 0.5) is 5.69 Å². The fraction of sp³-hybridized carbons (Fsp3) is 0.273. The van der Waals surface area contributed by atoms with Gasteiger partial charge in [-0.3, -0.25) is 4.79 Å². The third kappa shape index (κ3) is 6.51. The lowest BCUT2D eigenvalue weighted by Crippen LogP contribution is -2.30. The van der Waals surface area contributed by atoms with Crippen LogP contribution in [0.25, 0.3) is 6.08 Å². The number of hydrogen-bond acceptors (Lipinski definition) is 6. The summed E-state index contributed by atoms with van der Waals surface area (Å²) in [5.41, 5.74) is 2.78. The predicted octanol–water partition coefficient (Wildman–Crippen LogP) is 5.32. The van der Waals surface area contributed by atoms with E-state index in [1.54, 1.807) is 6.92 Å². The Balaban J connectivity index is 1.67. The summed E-state index contributed by atoms with van der Waals surface area (Å²) in [6.45, 7) is 3.97. The summed E-state index contributed by atoms with van der Waals surface area (Å²) in [6.07, 6.45) is 2.80. The molecule has 2 aromatic rings. The predicted molar refractivity (Wildman–Crippen MR) is 131 cm³/mol. The van der Waals surface area contributed by atoms with Crippen molar-refractivity contribution in [3.63, 3.8) is 0 Å². The maximum Gasteiger partial charge on any atom is 0.344 e. The molecule has 1 amide bonds. The normalized spacial score (nSPS) is 16.8. The van der Waals surface area contributed by atoms with Crippen molar-refractivity contribution in [3.8, 4) is 5.75 Å². The van der Waals surface area contributed by atoms with E-state index >= 15 is 0 Å². The zero-order chi connectivity index (χ0) is 22.4. The summed E-state index contributed by atoms with van der Waals surface area (Å²) < 4.78 is 11.7. The number of amides is 1. The standard InChI is InChI=1S/C22H22Br2N2O4S/c1-3-13-5-7-15(8-6-13)25-22-26-21(28)18(31-22)11-14-9-16(23)20(17(24)10-14)30-12-19(27)29-4-2/h5-11,22,25H,3-4,12H2,1-2H3,(H,26,28)/b18-11-/t22-/m1/s1. The molecule has 1 aliphatic heterocycles. The van der Waals surface area contributed by atoms with Crippen molar-refractivity contribution < 1.29 is 19.1 Å². The van der Waals surface area contributed by atoms with E-state index in [1.807, 2.05) is 30.3 Å². The molecule has 0 spiro atoms. The number of nitrogens with one attached hydrogen (secondary N) is 2. The fourth-order valence-corrected chi connectivity index (χ4v) is 5.27. The van der Waals surface area contributed by atoms with E-state index in [1.165, 1.54) is 17.3 Å². The molecule has 0 bridgehead atoms. The number of carbonyl (C=O) groups is 2. The van der Waals surface area contributed by atoms with Crippen molar-refractivity contribution in [3.05, 3.63) is 61.4 Å². The molecule has 3 rings (SSSR count). The molecule has 1 fully saturated rings. The van der Waals surface area contributed by atoms with Crippen molar-refractivity contribution in [1.82, 2.24) is 5.32 Å². The van der Waals surface area contributed by atoms with Gasteiger partial charge in [0.1, 0.15) is 5.75 Å².